The van der Waals surface area contributed by atoms with Gasteiger partial charge in [-0.1, -0.05) is 29.8 Å². The summed E-state index contributed by atoms with van der Waals surface area (Å²) in [6.07, 6.45) is 1.01. The smallest absolute Gasteiger partial charge is 0.409 e. The van der Waals surface area contributed by atoms with E-state index >= 15 is 0 Å². The maximum absolute atomic E-state index is 12.4. The molecule has 0 atom stereocenters. The highest BCUT2D eigenvalue weighted by atomic mass is 35.5. The second kappa shape index (κ2) is 10.2. The number of halogens is 1. The minimum Gasteiger partial charge on any atom is -0.450 e. The summed E-state index contributed by atoms with van der Waals surface area (Å²) in [5.41, 5.74) is 0.796. The number of hydrogen-bond acceptors (Lipinski definition) is 4. The van der Waals surface area contributed by atoms with Gasteiger partial charge in [-0.25, -0.2) is 4.79 Å². The number of hydrogen-bond donors (Lipinski definition) is 1. The average molecular weight is 396 g/mol. The monoisotopic (exact) mass is 395 g/mol. The zero-order chi connectivity index (χ0) is 19.8. The third-order valence-electron chi connectivity index (χ3n) is 4.48. The molecular weight excluding hydrogens is 370 g/mol. The van der Waals surface area contributed by atoms with E-state index in [0.717, 1.165) is 5.56 Å². The van der Waals surface area contributed by atoms with Crippen LogP contribution < -0.4 is 5.32 Å². The van der Waals surface area contributed by atoms with Gasteiger partial charge < -0.3 is 19.9 Å². The molecule has 0 saturated carbocycles. The van der Waals surface area contributed by atoms with Crippen molar-refractivity contribution in [1.29, 1.82) is 0 Å². The fourth-order valence-electron chi connectivity index (χ4n) is 2.98. The van der Waals surface area contributed by atoms with Gasteiger partial charge in [0.25, 0.3) is 0 Å². The number of rotatable bonds is 6. The summed E-state index contributed by atoms with van der Waals surface area (Å²) in [6, 6.07) is 7.24. The van der Waals surface area contributed by atoms with Crippen LogP contribution in [0.15, 0.2) is 24.3 Å². The lowest BCUT2D eigenvalue weighted by Crippen LogP contribution is -2.49. The van der Waals surface area contributed by atoms with Crippen LogP contribution in [-0.4, -0.2) is 60.0 Å². The highest BCUT2D eigenvalue weighted by molar-refractivity contribution is 6.31. The molecule has 0 radical (unpaired) electrons. The molecule has 2 rings (SSSR count). The highest BCUT2D eigenvalue weighted by Gasteiger charge is 2.25. The van der Waals surface area contributed by atoms with Crippen LogP contribution in [0.3, 0.4) is 0 Å². The zero-order valence-electron chi connectivity index (χ0n) is 15.7. The quantitative estimate of drug-likeness (QED) is 0.802. The van der Waals surface area contributed by atoms with Gasteiger partial charge in [0, 0.05) is 37.6 Å². The average Bonchev–Trinajstić information content (AvgIpc) is 2.63. The first-order valence-electron chi connectivity index (χ1n) is 9.10. The molecule has 8 heteroatoms. The molecule has 1 saturated heterocycles. The number of likely N-dealkylation sites (tertiary alicyclic amines) is 1. The van der Waals surface area contributed by atoms with Crippen molar-refractivity contribution in [2.24, 2.45) is 0 Å². The molecule has 1 aliphatic heterocycles. The van der Waals surface area contributed by atoms with E-state index in [-0.39, 0.29) is 37.0 Å². The van der Waals surface area contributed by atoms with Gasteiger partial charge in [0.05, 0.1) is 13.2 Å². The van der Waals surface area contributed by atoms with Gasteiger partial charge in [0.2, 0.25) is 11.8 Å². The zero-order valence-corrected chi connectivity index (χ0v) is 16.5. The SMILES string of the molecule is CCOC(=O)N1CCC(NC(=O)CN(Cc2ccccc2Cl)C(C)=O)CC1. The van der Waals surface area contributed by atoms with Crippen molar-refractivity contribution in [3.63, 3.8) is 0 Å². The van der Waals surface area contributed by atoms with Gasteiger partial charge in [-0.3, -0.25) is 9.59 Å². The molecule has 3 amide bonds. The third kappa shape index (κ3) is 6.43. The second-order valence-corrected chi connectivity index (χ2v) is 6.90. The van der Waals surface area contributed by atoms with Crippen LogP contribution in [0.25, 0.3) is 0 Å². The molecule has 1 aromatic rings. The highest BCUT2D eigenvalue weighted by Crippen LogP contribution is 2.17. The number of carbonyl (C=O) groups is 3. The maximum atomic E-state index is 12.4. The Balaban J connectivity index is 1.84. The van der Waals surface area contributed by atoms with E-state index in [0.29, 0.717) is 37.6 Å². The molecule has 0 bridgehead atoms. The van der Waals surface area contributed by atoms with Crippen LogP contribution in [-0.2, 0) is 20.9 Å². The lowest BCUT2D eigenvalue weighted by Gasteiger charge is -2.32. The van der Waals surface area contributed by atoms with Crippen molar-refractivity contribution in [3.8, 4) is 0 Å². The van der Waals surface area contributed by atoms with E-state index in [2.05, 4.69) is 5.32 Å². The van der Waals surface area contributed by atoms with Gasteiger partial charge in [-0.2, -0.15) is 0 Å². The third-order valence-corrected chi connectivity index (χ3v) is 4.85. The topological polar surface area (TPSA) is 79.0 Å². The van der Waals surface area contributed by atoms with Gasteiger partial charge >= 0.3 is 6.09 Å². The Morgan fingerprint density at radius 2 is 1.93 bits per heavy atom. The summed E-state index contributed by atoms with van der Waals surface area (Å²) in [4.78, 5) is 39.1. The molecule has 1 fully saturated rings. The van der Waals surface area contributed by atoms with Gasteiger partial charge in [0.15, 0.2) is 0 Å². The number of ether oxygens (including phenoxy) is 1. The Morgan fingerprint density at radius 1 is 1.26 bits per heavy atom. The summed E-state index contributed by atoms with van der Waals surface area (Å²) >= 11 is 6.15. The normalized spacial score (nSPS) is 14.6. The first-order chi connectivity index (χ1) is 12.9. The van der Waals surface area contributed by atoms with E-state index in [1.165, 1.54) is 11.8 Å². The lowest BCUT2D eigenvalue weighted by atomic mass is 10.1. The molecule has 148 valence electrons. The van der Waals surface area contributed by atoms with Crippen molar-refractivity contribution >= 4 is 29.5 Å². The Kier molecular flexibility index (Phi) is 7.91. The number of piperidine rings is 1. The van der Waals surface area contributed by atoms with E-state index in [1.807, 2.05) is 18.2 Å². The predicted octanol–water partition coefficient (Wildman–Crippen LogP) is 2.43. The first kappa shape index (κ1) is 21.0. The van der Waals surface area contributed by atoms with Crippen molar-refractivity contribution in [2.75, 3.05) is 26.2 Å². The minimum atomic E-state index is -0.315. The minimum absolute atomic E-state index is 0.0164. The summed E-state index contributed by atoms with van der Waals surface area (Å²) in [6.45, 7) is 4.89. The number of amides is 3. The number of carbonyl (C=O) groups excluding carboxylic acids is 3. The van der Waals surface area contributed by atoms with Crippen molar-refractivity contribution in [2.45, 2.75) is 39.3 Å². The number of nitrogens with one attached hydrogen (secondary N) is 1. The van der Waals surface area contributed by atoms with E-state index in [1.54, 1.807) is 17.9 Å². The number of nitrogens with zero attached hydrogens (tertiary/aromatic N) is 2. The summed E-state index contributed by atoms with van der Waals surface area (Å²) in [7, 11) is 0. The van der Waals surface area contributed by atoms with E-state index < -0.39 is 0 Å². The molecule has 0 unspecified atom stereocenters. The van der Waals surface area contributed by atoms with E-state index in [4.69, 9.17) is 16.3 Å². The Labute approximate surface area is 164 Å². The van der Waals surface area contributed by atoms with Crippen LogP contribution >= 0.6 is 11.6 Å². The molecule has 1 heterocycles. The number of benzene rings is 1. The van der Waals surface area contributed by atoms with Crippen LogP contribution in [0.5, 0.6) is 0 Å². The Bertz CT molecular complexity index is 675. The first-order valence-corrected chi connectivity index (χ1v) is 9.48. The fraction of sp³-hybridized carbons (Fsp3) is 0.526. The van der Waals surface area contributed by atoms with Crippen LogP contribution in [0.1, 0.15) is 32.3 Å². The molecule has 1 aromatic carbocycles. The molecular formula is C19H26ClN3O4. The largest absolute Gasteiger partial charge is 0.450 e. The predicted molar refractivity (Wildman–Crippen MR) is 102 cm³/mol. The summed E-state index contributed by atoms with van der Waals surface area (Å²) in [5, 5.41) is 3.52. The van der Waals surface area contributed by atoms with Crippen LogP contribution in [0.2, 0.25) is 5.02 Å². The molecule has 0 aromatic heterocycles. The van der Waals surface area contributed by atoms with Crippen molar-refractivity contribution < 1.29 is 19.1 Å². The van der Waals surface area contributed by atoms with Crippen LogP contribution in [0.4, 0.5) is 4.79 Å². The van der Waals surface area contributed by atoms with Crippen molar-refractivity contribution in [3.05, 3.63) is 34.9 Å². The molecule has 7 nitrogen and oxygen atoms in total. The van der Waals surface area contributed by atoms with Crippen molar-refractivity contribution in [1.82, 2.24) is 15.1 Å². The maximum Gasteiger partial charge on any atom is 0.409 e. The van der Waals surface area contributed by atoms with E-state index in [9.17, 15) is 14.4 Å². The Morgan fingerprint density at radius 3 is 2.52 bits per heavy atom. The van der Waals surface area contributed by atoms with Gasteiger partial charge in [0.1, 0.15) is 0 Å². The summed E-state index contributed by atoms with van der Waals surface area (Å²) < 4.78 is 4.99. The fourth-order valence-corrected chi connectivity index (χ4v) is 3.17. The molecule has 1 aliphatic rings. The molecule has 0 spiro atoms. The second-order valence-electron chi connectivity index (χ2n) is 6.49. The standard InChI is InChI=1S/C19H26ClN3O4/c1-3-27-19(26)22-10-8-16(9-11-22)21-18(25)13-23(14(2)24)12-15-6-4-5-7-17(15)20/h4-7,16H,3,8-13H2,1-2H3,(H,21,25). The van der Waals surface area contributed by atoms with Gasteiger partial charge in [-0.05, 0) is 31.4 Å². The Hall–Kier alpha value is -2.28. The molecule has 1 N–H and O–H groups in total. The van der Waals surface area contributed by atoms with Crippen LogP contribution in [0, 0.1) is 0 Å². The summed E-state index contributed by atoms with van der Waals surface area (Å²) in [5.74, 6) is -0.408. The van der Waals surface area contributed by atoms with Gasteiger partial charge in [-0.15, -0.1) is 0 Å². The lowest BCUT2D eigenvalue weighted by molar-refractivity contribution is -0.135. The molecule has 27 heavy (non-hydrogen) atoms. The molecule has 0 aliphatic carbocycles.